The van der Waals surface area contributed by atoms with Crippen molar-refractivity contribution >= 4 is 5.91 Å². The first kappa shape index (κ1) is 12.6. The molecule has 19 heavy (non-hydrogen) atoms. The highest BCUT2D eigenvalue weighted by molar-refractivity contribution is 5.85. The normalized spacial score (nSPS) is 24.2. The van der Waals surface area contributed by atoms with Gasteiger partial charge in [-0.1, -0.05) is 6.07 Å². The lowest BCUT2D eigenvalue weighted by molar-refractivity contribution is -0.140. The molecular weight excluding hydrogens is 245 g/mol. The molecule has 0 spiro atoms. The van der Waals surface area contributed by atoms with Crippen LogP contribution in [0.15, 0.2) is 18.2 Å². The summed E-state index contributed by atoms with van der Waals surface area (Å²) in [6.45, 7) is 0. The van der Waals surface area contributed by atoms with Gasteiger partial charge < -0.3 is 10.4 Å². The molecule has 1 aromatic rings. The van der Waals surface area contributed by atoms with Crippen molar-refractivity contribution in [2.45, 2.75) is 50.2 Å². The summed E-state index contributed by atoms with van der Waals surface area (Å²) in [6.07, 6.45) is 4.44. The Kier molecular flexibility index (Phi) is 3.05. The minimum absolute atomic E-state index is 0.0901. The van der Waals surface area contributed by atoms with Crippen LogP contribution in [0.4, 0.5) is 4.39 Å². The Hall–Kier alpha value is -1.42. The molecule has 1 unspecified atom stereocenters. The third kappa shape index (κ3) is 2.25. The van der Waals surface area contributed by atoms with Crippen LogP contribution in [-0.4, -0.2) is 16.6 Å². The van der Waals surface area contributed by atoms with E-state index in [4.69, 9.17) is 0 Å². The second-order valence-corrected chi connectivity index (χ2v) is 5.65. The molecule has 2 aliphatic carbocycles. The Bertz CT molecular complexity index is 509. The van der Waals surface area contributed by atoms with Crippen LogP contribution in [0, 0.1) is 5.82 Å². The fraction of sp³-hybridized carbons (Fsp3) is 0.533. The third-order valence-electron chi connectivity index (χ3n) is 4.34. The van der Waals surface area contributed by atoms with E-state index in [1.165, 1.54) is 12.1 Å². The molecule has 3 rings (SSSR count). The van der Waals surface area contributed by atoms with Gasteiger partial charge in [0, 0.05) is 0 Å². The van der Waals surface area contributed by atoms with Crippen LogP contribution in [0.2, 0.25) is 0 Å². The Morgan fingerprint density at radius 3 is 2.84 bits per heavy atom. The largest absolute Gasteiger partial charge is 0.380 e. The van der Waals surface area contributed by atoms with Crippen LogP contribution in [0.1, 0.15) is 49.3 Å². The van der Waals surface area contributed by atoms with Crippen molar-refractivity contribution in [1.29, 1.82) is 0 Å². The van der Waals surface area contributed by atoms with E-state index in [-0.39, 0.29) is 17.8 Å². The van der Waals surface area contributed by atoms with Gasteiger partial charge in [0.25, 0.3) is 5.91 Å². The first-order valence-corrected chi connectivity index (χ1v) is 6.90. The maximum absolute atomic E-state index is 13.1. The van der Waals surface area contributed by atoms with Gasteiger partial charge in [0.05, 0.1) is 6.04 Å². The fourth-order valence-corrected chi connectivity index (χ4v) is 3.22. The lowest BCUT2D eigenvalue weighted by atomic mass is 10.00. The average Bonchev–Trinajstić information content (AvgIpc) is 2.97. The second kappa shape index (κ2) is 4.60. The van der Waals surface area contributed by atoms with Crippen molar-refractivity contribution in [3.63, 3.8) is 0 Å². The molecule has 1 saturated carbocycles. The van der Waals surface area contributed by atoms with Crippen molar-refractivity contribution in [2.75, 3.05) is 0 Å². The van der Waals surface area contributed by atoms with Gasteiger partial charge in [0.2, 0.25) is 0 Å². The summed E-state index contributed by atoms with van der Waals surface area (Å²) in [4.78, 5) is 12.2. The average molecular weight is 263 g/mol. The summed E-state index contributed by atoms with van der Waals surface area (Å²) in [5.41, 5.74) is 0.753. The van der Waals surface area contributed by atoms with Crippen molar-refractivity contribution in [1.82, 2.24) is 5.32 Å². The molecule has 1 atom stereocenters. The van der Waals surface area contributed by atoms with Crippen molar-refractivity contribution < 1.29 is 14.3 Å². The van der Waals surface area contributed by atoms with Gasteiger partial charge in [-0.3, -0.25) is 4.79 Å². The molecule has 2 aliphatic rings. The number of rotatable bonds is 2. The van der Waals surface area contributed by atoms with E-state index in [0.717, 1.165) is 36.8 Å². The molecule has 0 aliphatic heterocycles. The van der Waals surface area contributed by atoms with Gasteiger partial charge in [0.15, 0.2) is 0 Å². The number of benzene rings is 1. The number of aryl methyl sites for hydroxylation is 1. The molecule has 1 fully saturated rings. The predicted octanol–water partition coefficient (Wildman–Crippen LogP) is 2.23. The second-order valence-electron chi connectivity index (χ2n) is 5.65. The van der Waals surface area contributed by atoms with Crippen LogP contribution >= 0.6 is 0 Å². The summed E-state index contributed by atoms with van der Waals surface area (Å²) in [7, 11) is 0. The molecule has 1 amide bonds. The zero-order chi connectivity index (χ0) is 13.5. The highest BCUT2D eigenvalue weighted by Crippen LogP contribution is 2.34. The van der Waals surface area contributed by atoms with Crippen LogP contribution < -0.4 is 5.32 Å². The van der Waals surface area contributed by atoms with E-state index in [1.54, 1.807) is 6.07 Å². The van der Waals surface area contributed by atoms with E-state index in [0.29, 0.717) is 12.8 Å². The lowest BCUT2D eigenvalue weighted by Gasteiger charge is -2.24. The predicted molar refractivity (Wildman–Crippen MR) is 69.0 cm³/mol. The Labute approximate surface area is 111 Å². The molecule has 2 N–H and O–H groups in total. The van der Waals surface area contributed by atoms with Crippen molar-refractivity contribution in [2.24, 2.45) is 0 Å². The van der Waals surface area contributed by atoms with Gasteiger partial charge in [0.1, 0.15) is 11.4 Å². The highest BCUT2D eigenvalue weighted by Gasteiger charge is 2.40. The van der Waals surface area contributed by atoms with Crippen molar-refractivity contribution in [3.05, 3.63) is 35.1 Å². The maximum atomic E-state index is 13.1. The quantitative estimate of drug-likeness (QED) is 0.859. The summed E-state index contributed by atoms with van der Waals surface area (Å²) in [6, 6.07) is 4.61. The van der Waals surface area contributed by atoms with E-state index >= 15 is 0 Å². The Balaban J connectivity index is 1.74. The first-order valence-electron chi connectivity index (χ1n) is 6.90. The summed E-state index contributed by atoms with van der Waals surface area (Å²) >= 11 is 0. The van der Waals surface area contributed by atoms with Gasteiger partial charge in [-0.05, 0) is 61.8 Å². The van der Waals surface area contributed by atoms with Crippen LogP contribution in [0.3, 0.4) is 0 Å². The van der Waals surface area contributed by atoms with Gasteiger partial charge in [-0.25, -0.2) is 4.39 Å². The minimum atomic E-state index is -1.19. The van der Waals surface area contributed by atoms with Gasteiger partial charge >= 0.3 is 0 Å². The summed E-state index contributed by atoms with van der Waals surface area (Å²) in [5.74, 6) is -0.507. The summed E-state index contributed by atoms with van der Waals surface area (Å²) < 4.78 is 13.1. The van der Waals surface area contributed by atoms with E-state index < -0.39 is 5.60 Å². The zero-order valence-corrected chi connectivity index (χ0v) is 10.8. The van der Waals surface area contributed by atoms with E-state index in [9.17, 15) is 14.3 Å². The number of hydrogen-bond donors (Lipinski definition) is 2. The highest BCUT2D eigenvalue weighted by atomic mass is 19.1. The topological polar surface area (TPSA) is 49.3 Å². The van der Waals surface area contributed by atoms with Gasteiger partial charge in [-0.2, -0.15) is 0 Å². The number of nitrogens with one attached hydrogen (secondary N) is 1. The number of carbonyl (C=O) groups is 1. The standard InChI is InChI=1S/C15H18FNO2/c16-11-4-5-12-10(9-11)3-6-13(12)17-14(18)15(19)7-1-2-8-15/h4-5,9,13,19H,1-3,6-8H2,(H,17,18). The molecule has 0 saturated heterocycles. The molecule has 0 bridgehead atoms. The molecule has 0 radical (unpaired) electrons. The minimum Gasteiger partial charge on any atom is -0.380 e. The molecular formula is C15H18FNO2. The van der Waals surface area contributed by atoms with Crippen LogP contribution in [-0.2, 0) is 11.2 Å². The number of aliphatic hydroxyl groups is 1. The first-order chi connectivity index (χ1) is 9.08. The molecule has 0 heterocycles. The maximum Gasteiger partial charge on any atom is 0.252 e. The van der Waals surface area contributed by atoms with Crippen LogP contribution in [0.5, 0.6) is 0 Å². The van der Waals surface area contributed by atoms with Crippen molar-refractivity contribution in [3.8, 4) is 0 Å². The Morgan fingerprint density at radius 1 is 1.37 bits per heavy atom. The molecule has 4 heteroatoms. The smallest absolute Gasteiger partial charge is 0.252 e. The number of hydrogen-bond acceptors (Lipinski definition) is 2. The lowest BCUT2D eigenvalue weighted by Crippen LogP contribution is -2.45. The van der Waals surface area contributed by atoms with E-state index in [1.807, 2.05) is 0 Å². The monoisotopic (exact) mass is 263 g/mol. The number of carbonyl (C=O) groups excluding carboxylic acids is 1. The number of amides is 1. The SMILES string of the molecule is O=C(NC1CCc2cc(F)ccc21)C1(O)CCCC1. The molecule has 0 aromatic heterocycles. The van der Waals surface area contributed by atoms with E-state index in [2.05, 4.69) is 5.32 Å². The molecule has 1 aromatic carbocycles. The van der Waals surface area contributed by atoms with Gasteiger partial charge in [-0.15, -0.1) is 0 Å². The molecule has 3 nitrogen and oxygen atoms in total. The van der Waals surface area contributed by atoms with Crippen LogP contribution in [0.25, 0.3) is 0 Å². The Morgan fingerprint density at radius 2 is 2.11 bits per heavy atom. The third-order valence-corrected chi connectivity index (χ3v) is 4.34. The molecule has 102 valence electrons. The number of fused-ring (bicyclic) bond motifs is 1. The zero-order valence-electron chi connectivity index (χ0n) is 10.8. The number of halogens is 1. The summed E-state index contributed by atoms with van der Waals surface area (Å²) in [5, 5.41) is 13.2. The fourth-order valence-electron chi connectivity index (χ4n) is 3.22.